The van der Waals surface area contributed by atoms with Crippen molar-refractivity contribution in [2.45, 2.75) is 45.1 Å². The lowest BCUT2D eigenvalue weighted by atomic mass is 10.0. The molecule has 4 heteroatoms. The molecule has 3 nitrogen and oxygen atoms in total. The van der Waals surface area contributed by atoms with Gasteiger partial charge in [-0.05, 0) is 44.2 Å². The van der Waals surface area contributed by atoms with E-state index in [0.29, 0.717) is 13.0 Å². The van der Waals surface area contributed by atoms with Gasteiger partial charge in [0.25, 0.3) is 5.91 Å². The van der Waals surface area contributed by atoms with Gasteiger partial charge >= 0.3 is 0 Å². The smallest absolute Gasteiger partial charge is 0.261 e. The Bertz CT molecular complexity index is 402. The number of amides is 1. The Hall–Kier alpha value is -0.870. The van der Waals surface area contributed by atoms with Crippen LogP contribution in [0.4, 0.5) is 0 Å². The molecule has 1 atom stereocenters. The lowest BCUT2D eigenvalue weighted by Gasteiger charge is -2.21. The molecule has 0 bridgehead atoms. The molecule has 17 heavy (non-hydrogen) atoms. The first-order valence-corrected chi connectivity index (χ1v) is 6.95. The molecule has 0 aliphatic heterocycles. The molecule has 1 aliphatic carbocycles. The second kappa shape index (κ2) is 4.78. The zero-order chi connectivity index (χ0) is 12.5. The number of aliphatic hydroxyl groups is 1. The quantitative estimate of drug-likeness (QED) is 0.863. The van der Waals surface area contributed by atoms with E-state index in [-0.39, 0.29) is 5.91 Å². The average molecular weight is 253 g/mol. The predicted octanol–water partition coefficient (Wildman–Crippen LogP) is 2.13. The van der Waals surface area contributed by atoms with Crippen molar-refractivity contribution in [2.75, 3.05) is 6.54 Å². The van der Waals surface area contributed by atoms with E-state index in [1.165, 1.54) is 16.9 Å². The highest BCUT2D eigenvalue weighted by Gasteiger charge is 2.21. The van der Waals surface area contributed by atoms with Gasteiger partial charge in [-0.3, -0.25) is 4.79 Å². The van der Waals surface area contributed by atoms with E-state index in [4.69, 9.17) is 0 Å². The third-order valence-electron chi connectivity index (χ3n) is 3.36. The zero-order valence-electron chi connectivity index (χ0n) is 10.4. The van der Waals surface area contributed by atoms with Gasteiger partial charge < -0.3 is 10.4 Å². The number of hydrogen-bond acceptors (Lipinski definition) is 3. The zero-order valence-corrected chi connectivity index (χ0v) is 11.2. The van der Waals surface area contributed by atoms with Crippen LogP contribution < -0.4 is 5.32 Å². The molecule has 1 amide bonds. The van der Waals surface area contributed by atoms with Crippen molar-refractivity contribution in [3.8, 4) is 0 Å². The Labute approximate surface area is 106 Å². The van der Waals surface area contributed by atoms with Crippen molar-refractivity contribution in [2.24, 2.45) is 0 Å². The molecular weight excluding hydrogens is 234 g/mol. The van der Waals surface area contributed by atoms with Crippen LogP contribution in [0.15, 0.2) is 6.07 Å². The molecule has 1 unspecified atom stereocenters. The second-order valence-corrected chi connectivity index (χ2v) is 6.08. The number of thiophene rings is 1. The van der Waals surface area contributed by atoms with Crippen molar-refractivity contribution >= 4 is 17.2 Å². The number of nitrogens with one attached hydrogen (secondary N) is 1. The fraction of sp³-hybridized carbons (Fsp3) is 0.615. The molecule has 0 aromatic carbocycles. The van der Waals surface area contributed by atoms with Gasteiger partial charge in [-0.15, -0.1) is 11.3 Å². The van der Waals surface area contributed by atoms with Crippen molar-refractivity contribution < 1.29 is 9.90 Å². The van der Waals surface area contributed by atoms with Crippen LogP contribution in [0, 0.1) is 0 Å². The molecule has 1 heterocycles. The number of carbonyl (C=O) groups excluding carboxylic acids is 1. The molecule has 1 aromatic rings. The average Bonchev–Trinajstić information content (AvgIpc) is 2.86. The lowest BCUT2D eigenvalue weighted by Crippen LogP contribution is -2.39. The van der Waals surface area contributed by atoms with Gasteiger partial charge in [0.15, 0.2) is 0 Å². The van der Waals surface area contributed by atoms with Gasteiger partial charge in [0.2, 0.25) is 0 Å². The largest absolute Gasteiger partial charge is 0.388 e. The van der Waals surface area contributed by atoms with Crippen LogP contribution in [-0.4, -0.2) is 23.2 Å². The number of aryl methyl sites for hydroxylation is 2. The highest BCUT2D eigenvalue weighted by atomic mass is 32.1. The van der Waals surface area contributed by atoms with E-state index in [1.54, 1.807) is 18.3 Å². The van der Waals surface area contributed by atoms with Gasteiger partial charge in [0.1, 0.15) is 0 Å². The Kier molecular flexibility index (Phi) is 3.54. The SMILES string of the molecule is CCC(C)(O)CNC(=O)c1cc2c(s1)CCC2. The van der Waals surface area contributed by atoms with E-state index >= 15 is 0 Å². The normalized spacial score (nSPS) is 17.6. The first-order chi connectivity index (χ1) is 8.02. The summed E-state index contributed by atoms with van der Waals surface area (Å²) in [5, 5.41) is 12.6. The van der Waals surface area contributed by atoms with Crippen molar-refractivity contribution in [3.05, 3.63) is 21.4 Å². The monoisotopic (exact) mass is 253 g/mol. The van der Waals surface area contributed by atoms with E-state index in [9.17, 15) is 9.90 Å². The van der Waals surface area contributed by atoms with Crippen LogP contribution in [0.3, 0.4) is 0 Å². The minimum Gasteiger partial charge on any atom is -0.388 e. The lowest BCUT2D eigenvalue weighted by molar-refractivity contribution is 0.0519. The summed E-state index contributed by atoms with van der Waals surface area (Å²) in [7, 11) is 0. The van der Waals surface area contributed by atoms with Crippen molar-refractivity contribution in [1.29, 1.82) is 0 Å². The summed E-state index contributed by atoms with van der Waals surface area (Å²) >= 11 is 1.59. The molecule has 0 spiro atoms. The minimum absolute atomic E-state index is 0.0573. The van der Waals surface area contributed by atoms with E-state index < -0.39 is 5.60 Å². The van der Waals surface area contributed by atoms with Crippen LogP contribution >= 0.6 is 11.3 Å². The number of hydrogen-bond donors (Lipinski definition) is 2. The second-order valence-electron chi connectivity index (χ2n) is 4.95. The van der Waals surface area contributed by atoms with Crippen LogP contribution in [0.1, 0.15) is 46.8 Å². The maximum Gasteiger partial charge on any atom is 0.261 e. The summed E-state index contributed by atoms with van der Waals surface area (Å²) in [6.45, 7) is 3.96. The third-order valence-corrected chi connectivity index (χ3v) is 4.60. The summed E-state index contributed by atoms with van der Waals surface area (Å²) in [6.07, 6.45) is 4.06. The Morgan fingerprint density at radius 3 is 3.00 bits per heavy atom. The number of fused-ring (bicyclic) bond motifs is 1. The number of rotatable bonds is 4. The molecule has 1 aromatic heterocycles. The standard InChI is InChI=1S/C13H19NO2S/c1-3-13(2,16)8-14-12(15)11-7-9-5-4-6-10(9)17-11/h7,16H,3-6,8H2,1-2H3,(H,14,15). The molecule has 2 N–H and O–H groups in total. The topological polar surface area (TPSA) is 49.3 Å². The highest BCUT2D eigenvalue weighted by molar-refractivity contribution is 7.14. The molecule has 1 aliphatic rings. The molecule has 0 saturated carbocycles. The van der Waals surface area contributed by atoms with Gasteiger partial charge in [0.05, 0.1) is 10.5 Å². The maximum absolute atomic E-state index is 11.9. The van der Waals surface area contributed by atoms with E-state index in [0.717, 1.165) is 17.7 Å². The van der Waals surface area contributed by atoms with Gasteiger partial charge in [0, 0.05) is 11.4 Å². The highest BCUT2D eigenvalue weighted by Crippen LogP contribution is 2.30. The molecule has 94 valence electrons. The predicted molar refractivity (Wildman–Crippen MR) is 69.6 cm³/mol. The molecule has 0 fully saturated rings. The molecule has 0 saturated heterocycles. The Balaban J connectivity index is 1.96. The van der Waals surface area contributed by atoms with Crippen molar-refractivity contribution in [1.82, 2.24) is 5.32 Å². The van der Waals surface area contributed by atoms with Gasteiger partial charge in [-0.2, -0.15) is 0 Å². The molecular formula is C13H19NO2S. The summed E-state index contributed by atoms with van der Waals surface area (Å²) < 4.78 is 0. The van der Waals surface area contributed by atoms with Crippen LogP contribution in [-0.2, 0) is 12.8 Å². The van der Waals surface area contributed by atoms with Crippen LogP contribution in [0.5, 0.6) is 0 Å². The van der Waals surface area contributed by atoms with Crippen LogP contribution in [0.2, 0.25) is 0 Å². The Morgan fingerprint density at radius 2 is 2.35 bits per heavy atom. The first-order valence-electron chi connectivity index (χ1n) is 6.14. The summed E-state index contributed by atoms with van der Waals surface area (Å²) in [4.78, 5) is 14.0. The van der Waals surface area contributed by atoms with Crippen molar-refractivity contribution in [3.63, 3.8) is 0 Å². The first kappa shape index (κ1) is 12.6. The van der Waals surface area contributed by atoms with E-state index in [2.05, 4.69) is 5.32 Å². The minimum atomic E-state index is -0.810. The fourth-order valence-corrected chi connectivity index (χ4v) is 3.09. The van der Waals surface area contributed by atoms with Crippen LogP contribution in [0.25, 0.3) is 0 Å². The summed E-state index contributed by atoms with van der Waals surface area (Å²) in [5.41, 5.74) is 0.526. The number of carbonyl (C=O) groups is 1. The summed E-state index contributed by atoms with van der Waals surface area (Å²) in [6, 6.07) is 2.00. The molecule has 2 rings (SSSR count). The third kappa shape index (κ3) is 2.87. The Morgan fingerprint density at radius 1 is 1.59 bits per heavy atom. The van der Waals surface area contributed by atoms with Gasteiger partial charge in [-0.1, -0.05) is 6.92 Å². The van der Waals surface area contributed by atoms with E-state index in [1.807, 2.05) is 13.0 Å². The molecule has 0 radical (unpaired) electrons. The van der Waals surface area contributed by atoms with Gasteiger partial charge in [-0.25, -0.2) is 0 Å². The maximum atomic E-state index is 11.9. The summed E-state index contributed by atoms with van der Waals surface area (Å²) in [5.74, 6) is -0.0573. The fourth-order valence-electron chi connectivity index (χ4n) is 1.92.